The summed E-state index contributed by atoms with van der Waals surface area (Å²) in [5.41, 5.74) is 7.11. The second-order valence-electron chi connectivity index (χ2n) is 7.07. The predicted molar refractivity (Wildman–Crippen MR) is 113 cm³/mol. The zero-order chi connectivity index (χ0) is 20.6. The number of carbonyl (C=O) groups excluding carboxylic acids is 1. The summed E-state index contributed by atoms with van der Waals surface area (Å²) in [6.07, 6.45) is 0.430. The number of ether oxygens (including phenoxy) is 1. The number of aromatic nitrogens is 2. The van der Waals surface area contributed by atoms with Gasteiger partial charge in [0.2, 0.25) is 5.91 Å². The summed E-state index contributed by atoms with van der Waals surface area (Å²) < 4.78 is 6.83. The Bertz CT molecular complexity index is 1100. The summed E-state index contributed by atoms with van der Waals surface area (Å²) in [7, 11) is 1.61. The maximum Gasteiger partial charge on any atom is 0.263 e. The van der Waals surface area contributed by atoms with E-state index in [1.54, 1.807) is 7.11 Å². The van der Waals surface area contributed by atoms with Gasteiger partial charge in [-0.3, -0.25) is 14.2 Å². The molecule has 28 heavy (non-hydrogen) atoms. The normalized spacial score (nSPS) is 12.5. The number of primary amides is 1. The molecule has 7 heteroatoms. The molecule has 2 aromatic heterocycles. The number of methoxy groups -OCH3 is 1. The molecule has 0 spiro atoms. The van der Waals surface area contributed by atoms with Gasteiger partial charge in [0.05, 0.1) is 12.5 Å². The largest absolute Gasteiger partial charge is 0.497 e. The van der Waals surface area contributed by atoms with Crippen molar-refractivity contribution in [3.63, 3.8) is 0 Å². The van der Waals surface area contributed by atoms with Crippen molar-refractivity contribution < 1.29 is 9.53 Å². The SMILES string of the molecule is CCC(C(N)=O)n1c(C(C)C)nc2sc(C)c(-c3cccc(OC)c3)c2c1=O. The van der Waals surface area contributed by atoms with Gasteiger partial charge in [0.15, 0.2) is 0 Å². The number of nitrogens with zero attached hydrogens (tertiary/aromatic N) is 2. The van der Waals surface area contributed by atoms with Crippen molar-refractivity contribution in [2.75, 3.05) is 7.11 Å². The predicted octanol–water partition coefficient (Wildman–Crippen LogP) is 4.00. The van der Waals surface area contributed by atoms with E-state index in [0.717, 1.165) is 16.0 Å². The Balaban J connectivity index is 2.42. The first-order valence-electron chi connectivity index (χ1n) is 9.29. The molecule has 148 valence electrons. The standard InChI is InChI=1S/C21H25N3O3S/c1-6-15(18(22)25)24-19(11(2)3)23-20-17(21(24)26)16(12(4)28-20)13-8-7-9-14(10-13)27-5/h7-11,15H,6H2,1-5H3,(H2,22,25). The minimum atomic E-state index is -0.722. The van der Waals surface area contributed by atoms with Crippen LogP contribution in [0.3, 0.4) is 0 Å². The van der Waals surface area contributed by atoms with Crippen LogP contribution in [0.25, 0.3) is 21.3 Å². The second-order valence-corrected chi connectivity index (χ2v) is 8.27. The summed E-state index contributed by atoms with van der Waals surface area (Å²) >= 11 is 1.49. The van der Waals surface area contributed by atoms with Crippen LogP contribution in [0.2, 0.25) is 0 Å². The summed E-state index contributed by atoms with van der Waals surface area (Å²) in [4.78, 5) is 32.1. The first-order valence-corrected chi connectivity index (χ1v) is 10.1. The second kappa shape index (κ2) is 7.75. The molecule has 6 nitrogen and oxygen atoms in total. The summed E-state index contributed by atoms with van der Waals surface area (Å²) in [6.45, 7) is 7.74. The highest BCUT2D eigenvalue weighted by molar-refractivity contribution is 7.19. The molecule has 3 aromatic rings. The molecule has 0 bridgehead atoms. The number of fused-ring (bicyclic) bond motifs is 1. The molecule has 0 fully saturated rings. The molecule has 2 heterocycles. The summed E-state index contributed by atoms with van der Waals surface area (Å²) in [6, 6.07) is 6.88. The number of thiophene rings is 1. The van der Waals surface area contributed by atoms with Crippen molar-refractivity contribution in [2.24, 2.45) is 5.73 Å². The highest BCUT2D eigenvalue weighted by atomic mass is 32.1. The van der Waals surface area contributed by atoms with Gasteiger partial charge in [-0.05, 0) is 31.0 Å². The third-order valence-electron chi connectivity index (χ3n) is 4.86. The number of rotatable bonds is 6. The molecule has 1 aromatic carbocycles. The molecule has 0 saturated heterocycles. The number of aryl methyl sites for hydroxylation is 1. The Morgan fingerprint density at radius 1 is 1.36 bits per heavy atom. The third kappa shape index (κ3) is 3.30. The lowest BCUT2D eigenvalue weighted by Gasteiger charge is -2.21. The number of hydrogen-bond acceptors (Lipinski definition) is 5. The van der Waals surface area contributed by atoms with Crippen LogP contribution in [0.15, 0.2) is 29.1 Å². The van der Waals surface area contributed by atoms with Crippen LogP contribution >= 0.6 is 11.3 Å². The van der Waals surface area contributed by atoms with E-state index in [-0.39, 0.29) is 11.5 Å². The van der Waals surface area contributed by atoms with Gasteiger partial charge in [-0.15, -0.1) is 11.3 Å². The maximum absolute atomic E-state index is 13.6. The Morgan fingerprint density at radius 2 is 2.07 bits per heavy atom. The van der Waals surface area contributed by atoms with Crippen LogP contribution in [0.1, 0.15) is 49.9 Å². The van der Waals surface area contributed by atoms with Gasteiger partial charge in [0, 0.05) is 16.4 Å². The fraction of sp³-hybridized carbons (Fsp3) is 0.381. The zero-order valence-corrected chi connectivity index (χ0v) is 17.6. The number of nitrogens with two attached hydrogens (primary N) is 1. The van der Waals surface area contributed by atoms with Crippen molar-refractivity contribution in [1.29, 1.82) is 0 Å². The zero-order valence-electron chi connectivity index (χ0n) is 16.8. The van der Waals surface area contributed by atoms with E-state index in [1.165, 1.54) is 15.9 Å². The molecule has 0 saturated carbocycles. The van der Waals surface area contributed by atoms with Crippen LogP contribution in [0.5, 0.6) is 5.75 Å². The molecule has 3 rings (SSSR count). The van der Waals surface area contributed by atoms with Crippen LogP contribution in [-0.2, 0) is 4.79 Å². The molecule has 1 amide bonds. The van der Waals surface area contributed by atoms with E-state index in [4.69, 9.17) is 15.5 Å². The van der Waals surface area contributed by atoms with Crippen LogP contribution in [0, 0.1) is 6.92 Å². The summed E-state index contributed by atoms with van der Waals surface area (Å²) in [5.74, 6) is 0.754. The van der Waals surface area contributed by atoms with Crippen molar-refractivity contribution in [3.8, 4) is 16.9 Å². The molecule has 0 aliphatic carbocycles. The minimum absolute atomic E-state index is 0.0202. The van der Waals surface area contributed by atoms with Gasteiger partial charge in [-0.1, -0.05) is 32.9 Å². The Morgan fingerprint density at radius 3 is 2.64 bits per heavy atom. The van der Waals surface area contributed by atoms with Gasteiger partial charge in [0.1, 0.15) is 22.4 Å². The number of hydrogen-bond donors (Lipinski definition) is 1. The van der Waals surface area contributed by atoms with Crippen LogP contribution in [-0.4, -0.2) is 22.6 Å². The Labute approximate surface area is 168 Å². The highest BCUT2D eigenvalue weighted by Crippen LogP contribution is 2.37. The average Bonchev–Trinajstić information content (AvgIpc) is 2.99. The lowest BCUT2D eigenvalue weighted by Crippen LogP contribution is -2.36. The smallest absolute Gasteiger partial charge is 0.263 e. The number of carbonyl (C=O) groups is 1. The van der Waals surface area contributed by atoms with Gasteiger partial charge < -0.3 is 10.5 Å². The Hall–Kier alpha value is -2.67. The van der Waals surface area contributed by atoms with Gasteiger partial charge >= 0.3 is 0 Å². The van der Waals surface area contributed by atoms with Crippen LogP contribution in [0.4, 0.5) is 0 Å². The average molecular weight is 400 g/mol. The molecule has 0 aliphatic heterocycles. The third-order valence-corrected chi connectivity index (χ3v) is 5.86. The van der Waals surface area contributed by atoms with E-state index < -0.39 is 11.9 Å². The number of benzene rings is 1. The van der Waals surface area contributed by atoms with Crippen molar-refractivity contribution in [1.82, 2.24) is 9.55 Å². The van der Waals surface area contributed by atoms with E-state index in [1.807, 2.05) is 52.0 Å². The van der Waals surface area contributed by atoms with Gasteiger partial charge in [-0.2, -0.15) is 0 Å². The van der Waals surface area contributed by atoms with E-state index in [2.05, 4.69) is 0 Å². The highest BCUT2D eigenvalue weighted by Gasteiger charge is 2.26. The first-order chi connectivity index (χ1) is 13.3. The Kier molecular flexibility index (Phi) is 5.56. The molecular formula is C21H25N3O3S. The fourth-order valence-corrected chi connectivity index (χ4v) is 4.58. The monoisotopic (exact) mass is 399 g/mol. The van der Waals surface area contributed by atoms with Gasteiger partial charge in [-0.25, -0.2) is 4.98 Å². The van der Waals surface area contributed by atoms with E-state index in [0.29, 0.717) is 28.2 Å². The minimum Gasteiger partial charge on any atom is -0.497 e. The molecular weight excluding hydrogens is 374 g/mol. The first kappa shape index (κ1) is 20.1. The quantitative estimate of drug-likeness (QED) is 0.679. The molecule has 0 aliphatic rings. The summed E-state index contributed by atoms with van der Waals surface area (Å²) in [5, 5.41) is 0.528. The molecule has 0 radical (unpaired) electrons. The lowest BCUT2D eigenvalue weighted by molar-refractivity contribution is -0.121. The van der Waals surface area contributed by atoms with Crippen molar-refractivity contribution in [3.05, 3.63) is 45.3 Å². The lowest BCUT2D eigenvalue weighted by atomic mass is 10.0. The maximum atomic E-state index is 13.6. The number of amides is 1. The van der Waals surface area contributed by atoms with Crippen molar-refractivity contribution >= 4 is 27.5 Å². The molecule has 1 atom stereocenters. The van der Waals surface area contributed by atoms with E-state index in [9.17, 15) is 9.59 Å². The van der Waals surface area contributed by atoms with E-state index >= 15 is 0 Å². The molecule has 2 N–H and O–H groups in total. The molecule has 1 unspecified atom stereocenters. The fourth-order valence-electron chi connectivity index (χ4n) is 3.54. The topological polar surface area (TPSA) is 87.2 Å². The van der Waals surface area contributed by atoms with Crippen molar-refractivity contribution in [2.45, 2.75) is 46.1 Å². The van der Waals surface area contributed by atoms with Gasteiger partial charge in [0.25, 0.3) is 5.56 Å². The van der Waals surface area contributed by atoms with Crippen LogP contribution < -0.4 is 16.0 Å².